The van der Waals surface area contributed by atoms with Crippen LogP contribution < -0.4 is 19.6 Å². The van der Waals surface area contributed by atoms with Crippen LogP contribution in [0.25, 0.3) is 10.9 Å². The van der Waals surface area contributed by atoms with Crippen molar-refractivity contribution in [2.45, 2.75) is 6.54 Å². The normalized spacial score (nSPS) is 11.0. The number of H-pyrrole nitrogens is 1. The third kappa shape index (κ3) is 6.11. The minimum absolute atomic E-state index is 0.0322. The van der Waals surface area contributed by atoms with Crippen LogP contribution in [0.1, 0.15) is 26.4 Å². The van der Waals surface area contributed by atoms with Gasteiger partial charge in [0.1, 0.15) is 0 Å². The molecule has 3 N–H and O–H groups in total. The number of carbonyl (C=O) groups excluding carboxylic acids is 2. The maximum absolute atomic E-state index is 12.6. The molecular formula is C26H27N5O2Se. The van der Waals surface area contributed by atoms with E-state index < -0.39 is 0 Å². The van der Waals surface area contributed by atoms with Crippen LogP contribution in [-0.4, -0.2) is 68.8 Å². The minimum atomic E-state index is -0.126. The van der Waals surface area contributed by atoms with Gasteiger partial charge in [0, 0.05) is 0 Å². The second kappa shape index (κ2) is 11.1. The SMILES string of the molecule is CN(C)CCNC(=O)c1ccc2[nH]cc([Se]c3cccc(C(=O)NCc4ccccn4)c3)c2c1. The molecular weight excluding hydrogens is 493 g/mol. The Bertz CT molecular complexity index is 1290. The Morgan fingerprint density at radius 1 is 0.971 bits per heavy atom. The monoisotopic (exact) mass is 521 g/mol. The van der Waals surface area contributed by atoms with Gasteiger partial charge in [0.25, 0.3) is 0 Å². The molecule has 34 heavy (non-hydrogen) atoms. The summed E-state index contributed by atoms with van der Waals surface area (Å²) in [6, 6.07) is 19.1. The van der Waals surface area contributed by atoms with Gasteiger partial charge < -0.3 is 0 Å². The van der Waals surface area contributed by atoms with E-state index in [-0.39, 0.29) is 26.8 Å². The molecule has 2 aromatic heterocycles. The van der Waals surface area contributed by atoms with Crippen molar-refractivity contribution in [3.05, 3.63) is 89.9 Å². The van der Waals surface area contributed by atoms with E-state index in [9.17, 15) is 9.59 Å². The van der Waals surface area contributed by atoms with Crippen molar-refractivity contribution >= 4 is 46.6 Å². The number of benzene rings is 2. The standard InChI is InChI=1S/C26H27N5O2Se/c1-31(2)13-12-28-25(32)19-9-10-23-22(15-19)24(17-29-23)34-21-8-5-6-18(14-21)26(33)30-16-20-7-3-4-11-27-20/h3-11,14-15,17,29H,12-13,16H2,1-2H3,(H,28,32)(H,30,33). The molecule has 174 valence electrons. The van der Waals surface area contributed by atoms with Gasteiger partial charge in [-0.25, -0.2) is 0 Å². The Labute approximate surface area is 205 Å². The zero-order chi connectivity index (χ0) is 23.9. The summed E-state index contributed by atoms with van der Waals surface area (Å²) in [5.74, 6) is -0.200. The zero-order valence-electron chi connectivity index (χ0n) is 19.2. The Morgan fingerprint density at radius 2 is 1.79 bits per heavy atom. The third-order valence-corrected chi connectivity index (χ3v) is 7.43. The average Bonchev–Trinajstić information content (AvgIpc) is 3.25. The van der Waals surface area contributed by atoms with Gasteiger partial charge in [0.2, 0.25) is 0 Å². The molecule has 0 fully saturated rings. The quantitative estimate of drug-likeness (QED) is 0.292. The summed E-state index contributed by atoms with van der Waals surface area (Å²) in [6.45, 7) is 1.78. The van der Waals surface area contributed by atoms with Crippen molar-refractivity contribution in [3.63, 3.8) is 0 Å². The molecule has 0 aliphatic rings. The number of aromatic nitrogens is 2. The van der Waals surface area contributed by atoms with Crippen molar-refractivity contribution in [2.24, 2.45) is 0 Å². The van der Waals surface area contributed by atoms with Crippen LogP contribution in [0, 0.1) is 0 Å². The van der Waals surface area contributed by atoms with Gasteiger partial charge in [-0.05, 0) is 0 Å². The predicted molar refractivity (Wildman–Crippen MR) is 136 cm³/mol. The fourth-order valence-electron chi connectivity index (χ4n) is 3.42. The molecule has 2 heterocycles. The van der Waals surface area contributed by atoms with Gasteiger partial charge in [0.05, 0.1) is 0 Å². The van der Waals surface area contributed by atoms with Crippen molar-refractivity contribution in [1.29, 1.82) is 0 Å². The topological polar surface area (TPSA) is 90.1 Å². The third-order valence-electron chi connectivity index (χ3n) is 5.23. The van der Waals surface area contributed by atoms with Crippen molar-refractivity contribution in [2.75, 3.05) is 27.2 Å². The van der Waals surface area contributed by atoms with Gasteiger partial charge in [0.15, 0.2) is 0 Å². The van der Waals surface area contributed by atoms with Crippen LogP contribution in [0.3, 0.4) is 0 Å². The molecule has 4 rings (SSSR count). The van der Waals surface area contributed by atoms with Gasteiger partial charge >= 0.3 is 205 Å². The second-order valence-electron chi connectivity index (χ2n) is 8.11. The van der Waals surface area contributed by atoms with Crippen molar-refractivity contribution in [3.8, 4) is 0 Å². The zero-order valence-corrected chi connectivity index (χ0v) is 20.9. The van der Waals surface area contributed by atoms with E-state index in [0.29, 0.717) is 24.2 Å². The van der Waals surface area contributed by atoms with E-state index in [1.165, 1.54) is 0 Å². The van der Waals surface area contributed by atoms with Crippen LogP contribution in [0.5, 0.6) is 0 Å². The number of nitrogens with one attached hydrogen (secondary N) is 3. The number of hydrogen-bond acceptors (Lipinski definition) is 4. The van der Waals surface area contributed by atoms with Crippen LogP contribution in [-0.2, 0) is 6.54 Å². The van der Waals surface area contributed by atoms with Crippen LogP contribution >= 0.6 is 0 Å². The van der Waals surface area contributed by atoms with E-state index in [0.717, 1.165) is 32.1 Å². The summed E-state index contributed by atoms with van der Waals surface area (Å²) in [4.78, 5) is 34.8. The van der Waals surface area contributed by atoms with E-state index >= 15 is 0 Å². The summed E-state index contributed by atoms with van der Waals surface area (Å²) in [6.07, 6.45) is 3.71. The molecule has 0 radical (unpaired) electrons. The van der Waals surface area contributed by atoms with Gasteiger partial charge in [-0.1, -0.05) is 0 Å². The fraction of sp³-hybridized carbons (Fsp3) is 0.192. The summed E-state index contributed by atoms with van der Waals surface area (Å²) in [7, 11) is 3.96. The molecule has 0 bridgehead atoms. The van der Waals surface area contributed by atoms with Crippen molar-refractivity contribution in [1.82, 2.24) is 25.5 Å². The maximum atomic E-state index is 12.6. The van der Waals surface area contributed by atoms with E-state index in [2.05, 4.69) is 20.6 Å². The molecule has 0 atom stereocenters. The number of fused-ring (bicyclic) bond motifs is 1. The molecule has 2 aromatic carbocycles. The molecule has 7 nitrogen and oxygen atoms in total. The van der Waals surface area contributed by atoms with Gasteiger partial charge in [-0.3, -0.25) is 0 Å². The van der Waals surface area contributed by atoms with E-state index in [1.54, 1.807) is 6.20 Å². The number of pyridine rings is 1. The number of rotatable bonds is 9. The molecule has 2 amide bonds. The molecule has 0 spiro atoms. The molecule has 8 heteroatoms. The first kappa shape index (κ1) is 23.7. The average molecular weight is 520 g/mol. The van der Waals surface area contributed by atoms with E-state index in [1.807, 2.05) is 85.9 Å². The number of amides is 2. The number of nitrogens with zero attached hydrogens (tertiary/aromatic N) is 2. The predicted octanol–water partition coefficient (Wildman–Crippen LogP) is 1.44. The molecule has 0 saturated carbocycles. The summed E-state index contributed by atoms with van der Waals surface area (Å²) in [5.41, 5.74) is 3.07. The Balaban J connectivity index is 1.46. The number of hydrogen-bond donors (Lipinski definition) is 3. The Morgan fingerprint density at radius 3 is 2.59 bits per heavy atom. The van der Waals surface area contributed by atoms with Crippen LogP contribution in [0.4, 0.5) is 0 Å². The Kier molecular flexibility index (Phi) is 7.75. The molecule has 0 aliphatic carbocycles. The summed E-state index contributed by atoms with van der Waals surface area (Å²) < 4.78 is 2.22. The summed E-state index contributed by atoms with van der Waals surface area (Å²) in [5, 5.41) is 6.92. The molecule has 4 aromatic rings. The fourth-order valence-corrected chi connectivity index (χ4v) is 5.48. The molecule has 0 unspecified atom stereocenters. The molecule has 0 aliphatic heterocycles. The molecule has 0 saturated heterocycles. The van der Waals surface area contributed by atoms with Gasteiger partial charge in [-0.15, -0.1) is 0 Å². The van der Waals surface area contributed by atoms with Crippen molar-refractivity contribution < 1.29 is 9.59 Å². The van der Waals surface area contributed by atoms with E-state index in [4.69, 9.17) is 0 Å². The first-order valence-electron chi connectivity index (χ1n) is 11.0. The number of aromatic amines is 1. The van der Waals surface area contributed by atoms with Crippen LogP contribution in [0.2, 0.25) is 0 Å². The number of carbonyl (C=O) groups is 2. The second-order valence-corrected chi connectivity index (χ2v) is 10.4. The summed E-state index contributed by atoms with van der Waals surface area (Å²) >= 11 is -0.0322. The first-order valence-corrected chi connectivity index (χ1v) is 12.7. The van der Waals surface area contributed by atoms with Gasteiger partial charge in [-0.2, -0.15) is 0 Å². The number of likely N-dealkylation sites (N-methyl/N-ethyl adjacent to an activating group) is 1. The Hall–Kier alpha value is -3.45. The first-order chi connectivity index (χ1) is 16.5. The van der Waals surface area contributed by atoms with Crippen LogP contribution in [0.15, 0.2) is 73.1 Å².